The maximum absolute atomic E-state index is 11.1. The maximum atomic E-state index is 11.1. The van der Waals surface area contributed by atoms with Gasteiger partial charge in [-0.3, -0.25) is 0 Å². The van der Waals surface area contributed by atoms with Gasteiger partial charge in [0.15, 0.2) is 5.69 Å². The summed E-state index contributed by atoms with van der Waals surface area (Å²) in [6.07, 6.45) is 1.31. The highest BCUT2D eigenvalue weighted by atomic mass is 79.9. The van der Waals surface area contributed by atoms with E-state index < -0.39 is 5.97 Å². The van der Waals surface area contributed by atoms with Crippen LogP contribution < -0.4 is 0 Å². The van der Waals surface area contributed by atoms with Crippen molar-refractivity contribution in [1.29, 1.82) is 0 Å². The van der Waals surface area contributed by atoms with Gasteiger partial charge in [-0.15, -0.1) is 0 Å². The minimum absolute atomic E-state index is 0.184. The number of carbonyl (C=O) groups is 1. The number of alkyl halides is 1. The molecule has 0 fully saturated rings. The highest BCUT2D eigenvalue weighted by Crippen LogP contribution is 2.12. The predicted octanol–water partition coefficient (Wildman–Crippen LogP) is 1.81. The van der Waals surface area contributed by atoms with Gasteiger partial charge in [0, 0.05) is 5.33 Å². The van der Waals surface area contributed by atoms with Crippen molar-refractivity contribution in [2.45, 2.75) is 5.33 Å². The molecule has 13 heavy (non-hydrogen) atoms. The minimum Gasteiger partial charge on any atom is -0.464 e. The van der Waals surface area contributed by atoms with Crippen LogP contribution >= 0.6 is 27.5 Å². The topological polar surface area (TPSA) is 52.1 Å². The van der Waals surface area contributed by atoms with Gasteiger partial charge < -0.3 is 4.74 Å². The van der Waals surface area contributed by atoms with Crippen molar-refractivity contribution in [2.24, 2.45) is 0 Å². The first-order chi connectivity index (χ1) is 6.19. The second-order valence-electron chi connectivity index (χ2n) is 2.11. The first kappa shape index (κ1) is 10.4. The van der Waals surface area contributed by atoms with Gasteiger partial charge in [0.2, 0.25) is 0 Å². The Morgan fingerprint density at radius 3 is 3.00 bits per heavy atom. The summed E-state index contributed by atoms with van der Waals surface area (Å²) in [6, 6.07) is 0. The van der Waals surface area contributed by atoms with Crippen LogP contribution in [-0.2, 0) is 10.1 Å². The van der Waals surface area contributed by atoms with E-state index in [1.54, 1.807) is 0 Å². The van der Waals surface area contributed by atoms with Crippen molar-refractivity contribution < 1.29 is 9.53 Å². The second-order valence-corrected chi connectivity index (χ2v) is 3.06. The lowest BCUT2D eigenvalue weighted by Gasteiger charge is -2.02. The molecule has 70 valence electrons. The molecule has 0 aliphatic heterocycles. The fourth-order valence-electron chi connectivity index (χ4n) is 0.763. The molecule has 1 aromatic rings. The van der Waals surface area contributed by atoms with Gasteiger partial charge in [-0.25, -0.2) is 14.8 Å². The molecule has 0 saturated carbocycles. The molecule has 0 N–H and O–H groups in total. The van der Waals surface area contributed by atoms with Gasteiger partial charge in [0.1, 0.15) is 5.15 Å². The highest BCUT2D eigenvalue weighted by molar-refractivity contribution is 9.08. The summed E-state index contributed by atoms with van der Waals surface area (Å²) in [5.41, 5.74) is 0.656. The predicted molar refractivity (Wildman–Crippen MR) is 51.0 cm³/mol. The zero-order valence-corrected chi connectivity index (χ0v) is 9.09. The summed E-state index contributed by atoms with van der Waals surface area (Å²) in [5, 5.41) is 0.660. The smallest absolute Gasteiger partial charge is 0.358 e. The van der Waals surface area contributed by atoms with Crippen molar-refractivity contribution in [3.8, 4) is 0 Å². The van der Waals surface area contributed by atoms with Crippen molar-refractivity contribution >= 4 is 33.5 Å². The molecule has 1 aromatic heterocycles. The van der Waals surface area contributed by atoms with E-state index in [4.69, 9.17) is 11.6 Å². The monoisotopic (exact) mass is 264 g/mol. The lowest BCUT2D eigenvalue weighted by atomic mass is 10.3. The third-order valence-electron chi connectivity index (χ3n) is 1.32. The summed E-state index contributed by atoms with van der Waals surface area (Å²) in [5.74, 6) is -0.515. The van der Waals surface area contributed by atoms with Crippen LogP contribution in [0.15, 0.2) is 6.20 Å². The first-order valence-corrected chi connectivity index (χ1v) is 4.84. The minimum atomic E-state index is -0.515. The molecular formula is C7H6BrClN2O2. The fraction of sp³-hybridized carbons (Fsp3) is 0.286. The Balaban J connectivity index is 3.13. The molecular weight excluding hydrogens is 259 g/mol. The van der Waals surface area contributed by atoms with Gasteiger partial charge in [-0.2, -0.15) is 0 Å². The molecule has 0 radical (unpaired) electrons. The lowest BCUT2D eigenvalue weighted by molar-refractivity contribution is 0.0592. The number of ether oxygens (including phenoxy) is 1. The standard InChI is InChI=1S/C7H6BrClN2O2/c1-13-7(12)6-4(2-8)11-5(9)3-10-6/h3H,2H2,1H3. The molecule has 0 bridgehead atoms. The van der Waals surface area contributed by atoms with Crippen LogP contribution in [0.4, 0.5) is 0 Å². The molecule has 0 saturated heterocycles. The molecule has 0 atom stereocenters. The lowest BCUT2D eigenvalue weighted by Crippen LogP contribution is -2.09. The Bertz CT molecular complexity index is 332. The van der Waals surface area contributed by atoms with Crippen LogP contribution in [0.3, 0.4) is 0 Å². The van der Waals surface area contributed by atoms with Gasteiger partial charge >= 0.3 is 5.97 Å². The van der Waals surface area contributed by atoms with Gasteiger partial charge in [0.05, 0.1) is 19.0 Å². The average molecular weight is 265 g/mol. The number of carbonyl (C=O) groups excluding carboxylic acids is 1. The molecule has 4 nitrogen and oxygen atoms in total. The van der Waals surface area contributed by atoms with Crippen LogP contribution in [0.1, 0.15) is 16.2 Å². The summed E-state index contributed by atoms with van der Waals surface area (Å²) >= 11 is 8.77. The number of hydrogen-bond acceptors (Lipinski definition) is 4. The third kappa shape index (κ3) is 2.38. The number of halogens is 2. The van der Waals surface area contributed by atoms with Crippen molar-refractivity contribution in [1.82, 2.24) is 9.97 Å². The normalized spacial score (nSPS) is 9.77. The Kier molecular flexibility index (Phi) is 3.62. The highest BCUT2D eigenvalue weighted by Gasteiger charge is 2.14. The van der Waals surface area contributed by atoms with E-state index in [9.17, 15) is 4.79 Å². The van der Waals surface area contributed by atoms with Crippen molar-refractivity contribution in [3.63, 3.8) is 0 Å². The molecule has 0 amide bonds. The van der Waals surface area contributed by atoms with Crippen LogP contribution in [-0.4, -0.2) is 23.0 Å². The van der Waals surface area contributed by atoms with Crippen molar-refractivity contribution in [3.05, 3.63) is 22.7 Å². The average Bonchev–Trinajstić information content (AvgIpc) is 2.16. The van der Waals surface area contributed by atoms with E-state index >= 15 is 0 Å². The Hall–Kier alpha value is -0.680. The third-order valence-corrected chi connectivity index (χ3v) is 2.03. The molecule has 0 aliphatic carbocycles. The van der Waals surface area contributed by atoms with Crippen LogP contribution in [0.25, 0.3) is 0 Å². The zero-order valence-electron chi connectivity index (χ0n) is 6.75. The number of methoxy groups -OCH3 is 1. The summed E-state index contributed by atoms with van der Waals surface area (Å²) in [6.45, 7) is 0. The van der Waals surface area contributed by atoms with E-state index in [-0.39, 0.29) is 10.8 Å². The summed E-state index contributed by atoms with van der Waals surface area (Å²) in [7, 11) is 1.29. The van der Waals surface area contributed by atoms with Gasteiger partial charge in [-0.1, -0.05) is 27.5 Å². The molecule has 0 spiro atoms. The first-order valence-electron chi connectivity index (χ1n) is 3.34. The van der Waals surface area contributed by atoms with Crippen molar-refractivity contribution in [2.75, 3.05) is 7.11 Å². The van der Waals surface area contributed by atoms with E-state index in [1.165, 1.54) is 13.3 Å². The number of aromatic nitrogens is 2. The Morgan fingerprint density at radius 1 is 1.77 bits per heavy atom. The molecule has 1 rings (SSSR count). The molecule has 6 heteroatoms. The maximum Gasteiger partial charge on any atom is 0.358 e. The molecule has 0 unspecified atom stereocenters. The number of rotatable bonds is 2. The van der Waals surface area contributed by atoms with E-state index in [0.29, 0.717) is 11.0 Å². The quantitative estimate of drug-likeness (QED) is 0.604. The number of nitrogens with zero attached hydrogens (tertiary/aromatic N) is 2. The largest absolute Gasteiger partial charge is 0.464 e. The van der Waals surface area contributed by atoms with Gasteiger partial charge in [-0.05, 0) is 0 Å². The Labute approximate surface area is 88.4 Å². The molecule has 0 aliphatic rings. The summed E-state index contributed by atoms with van der Waals surface area (Å²) < 4.78 is 4.51. The second kappa shape index (κ2) is 4.53. The van der Waals surface area contributed by atoms with Crippen LogP contribution in [0.5, 0.6) is 0 Å². The molecule has 0 aromatic carbocycles. The zero-order chi connectivity index (χ0) is 9.84. The van der Waals surface area contributed by atoms with Crippen LogP contribution in [0.2, 0.25) is 5.15 Å². The van der Waals surface area contributed by atoms with Gasteiger partial charge in [0.25, 0.3) is 0 Å². The summed E-state index contributed by atoms with van der Waals surface area (Å²) in [4.78, 5) is 18.9. The Morgan fingerprint density at radius 2 is 2.46 bits per heavy atom. The SMILES string of the molecule is COC(=O)c1ncc(Cl)nc1CBr. The molecule has 1 heterocycles. The van der Waals surface area contributed by atoms with E-state index in [1.807, 2.05) is 0 Å². The van der Waals surface area contributed by atoms with Crippen LogP contribution in [0, 0.1) is 0 Å². The number of hydrogen-bond donors (Lipinski definition) is 0. The van der Waals surface area contributed by atoms with E-state index in [2.05, 4.69) is 30.6 Å². The van der Waals surface area contributed by atoms with E-state index in [0.717, 1.165) is 0 Å². The fourth-order valence-corrected chi connectivity index (χ4v) is 1.31. The number of esters is 1.